The van der Waals surface area contributed by atoms with Crippen molar-refractivity contribution in [2.45, 2.75) is 38.6 Å². The van der Waals surface area contributed by atoms with Gasteiger partial charge in [0.15, 0.2) is 12.4 Å². The lowest BCUT2D eigenvalue weighted by atomic mass is 10.0. The number of hydrogen-bond acceptors (Lipinski definition) is 5. The first-order chi connectivity index (χ1) is 13.0. The maximum absolute atomic E-state index is 12.1. The van der Waals surface area contributed by atoms with E-state index in [4.69, 9.17) is 16.3 Å². The molecule has 144 valence electrons. The number of ketones is 1. The molecule has 2 aromatic rings. The van der Waals surface area contributed by atoms with E-state index in [-0.39, 0.29) is 37.2 Å². The van der Waals surface area contributed by atoms with Crippen LogP contribution in [-0.4, -0.2) is 24.3 Å². The fourth-order valence-corrected chi connectivity index (χ4v) is 3.56. The molecular formula is C20H22ClNO4S. The summed E-state index contributed by atoms with van der Waals surface area (Å²) in [6.45, 7) is 1.69. The number of rotatable bonds is 10. The Balaban J connectivity index is 1.75. The minimum absolute atomic E-state index is 0.0275. The number of hydrogen-bond donors (Lipinski definition) is 1. The summed E-state index contributed by atoms with van der Waals surface area (Å²) < 4.78 is 5.51. The second-order valence-electron chi connectivity index (χ2n) is 6.01. The van der Waals surface area contributed by atoms with Crippen molar-refractivity contribution >= 4 is 40.6 Å². The first-order valence-electron chi connectivity index (χ1n) is 8.78. The van der Waals surface area contributed by atoms with Crippen LogP contribution in [0.3, 0.4) is 0 Å². The van der Waals surface area contributed by atoms with Gasteiger partial charge in [0, 0.05) is 6.42 Å². The maximum Gasteiger partial charge on any atom is 0.306 e. The highest BCUT2D eigenvalue weighted by Gasteiger charge is 2.16. The van der Waals surface area contributed by atoms with Gasteiger partial charge < -0.3 is 10.1 Å². The van der Waals surface area contributed by atoms with E-state index >= 15 is 0 Å². The molecule has 5 nitrogen and oxygen atoms in total. The molecule has 1 N–H and O–H groups in total. The van der Waals surface area contributed by atoms with Gasteiger partial charge in [-0.1, -0.05) is 55.3 Å². The Kier molecular flexibility index (Phi) is 8.48. The molecule has 0 saturated heterocycles. The van der Waals surface area contributed by atoms with Crippen molar-refractivity contribution in [3.63, 3.8) is 0 Å². The van der Waals surface area contributed by atoms with Crippen LogP contribution in [0.25, 0.3) is 0 Å². The number of ether oxygens (including phenoxy) is 1. The van der Waals surface area contributed by atoms with Gasteiger partial charge in [-0.2, -0.15) is 0 Å². The predicted octanol–water partition coefficient (Wildman–Crippen LogP) is 4.57. The van der Waals surface area contributed by atoms with Gasteiger partial charge in [0.2, 0.25) is 0 Å². The highest BCUT2D eigenvalue weighted by atomic mass is 35.5. The average molecular weight is 408 g/mol. The lowest BCUT2D eigenvalue weighted by molar-refractivity contribution is -0.148. The molecule has 1 atom stereocenters. The monoisotopic (exact) mass is 407 g/mol. The topological polar surface area (TPSA) is 72.5 Å². The highest BCUT2D eigenvalue weighted by molar-refractivity contribution is 7.18. The zero-order valence-electron chi connectivity index (χ0n) is 15.1. The molecule has 1 aromatic carbocycles. The summed E-state index contributed by atoms with van der Waals surface area (Å²) in [5.74, 6) is -1.10. The number of halogens is 1. The van der Waals surface area contributed by atoms with Crippen LogP contribution in [-0.2, 0) is 14.3 Å². The molecule has 0 saturated carbocycles. The van der Waals surface area contributed by atoms with E-state index in [2.05, 4.69) is 5.32 Å². The van der Waals surface area contributed by atoms with Crippen molar-refractivity contribution in [3.8, 4) is 0 Å². The molecule has 27 heavy (non-hydrogen) atoms. The molecule has 2 rings (SSSR count). The summed E-state index contributed by atoms with van der Waals surface area (Å²) in [6.07, 6.45) is 1.66. The first-order valence-corrected chi connectivity index (χ1v) is 9.97. The second-order valence-corrected chi connectivity index (χ2v) is 7.72. The summed E-state index contributed by atoms with van der Waals surface area (Å²) in [6, 6.07) is 12.8. The minimum atomic E-state index is -0.576. The first kappa shape index (κ1) is 21.1. The van der Waals surface area contributed by atoms with Crippen molar-refractivity contribution in [2.24, 2.45) is 0 Å². The lowest BCUT2D eigenvalue weighted by Crippen LogP contribution is -2.32. The summed E-state index contributed by atoms with van der Waals surface area (Å²) in [4.78, 5) is 36.3. The minimum Gasteiger partial charge on any atom is -0.456 e. The Labute approximate surface area is 167 Å². The molecule has 0 spiro atoms. The van der Waals surface area contributed by atoms with Crippen molar-refractivity contribution < 1.29 is 19.1 Å². The number of nitrogens with one attached hydrogen (secondary N) is 1. The molecule has 1 amide bonds. The van der Waals surface area contributed by atoms with Crippen LogP contribution >= 0.6 is 22.9 Å². The fourth-order valence-electron chi connectivity index (χ4n) is 2.55. The third-order valence-electron chi connectivity index (χ3n) is 3.88. The third kappa shape index (κ3) is 7.15. The van der Waals surface area contributed by atoms with E-state index in [9.17, 15) is 14.4 Å². The molecule has 0 aliphatic carbocycles. The summed E-state index contributed by atoms with van der Waals surface area (Å²) >= 11 is 6.96. The van der Waals surface area contributed by atoms with E-state index in [0.29, 0.717) is 9.21 Å². The van der Waals surface area contributed by atoms with Gasteiger partial charge >= 0.3 is 5.97 Å². The Bertz CT molecular complexity index is 775. The van der Waals surface area contributed by atoms with Crippen molar-refractivity contribution in [1.82, 2.24) is 5.32 Å². The summed E-state index contributed by atoms with van der Waals surface area (Å²) in [5.41, 5.74) is 1.01. The Morgan fingerprint density at radius 1 is 1.11 bits per heavy atom. The Morgan fingerprint density at radius 3 is 2.48 bits per heavy atom. The lowest BCUT2D eigenvalue weighted by Gasteiger charge is -2.18. The predicted molar refractivity (Wildman–Crippen MR) is 106 cm³/mol. The van der Waals surface area contributed by atoms with Crippen LogP contribution in [0.15, 0.2) is 42.5 Å². The summed E-state index contributed by atoms with van der Waals surface area (Å²) in [7, 11) is 0. The molecule has 1 heterocycles. The van der Waals surface area contributed by atoms with E-state index in [1.165, 1.54) is 11.3 Å². The standard InChI is InChI=1S/C20H22ClNO4S/c1-2-6-15(14-7-4-3-5-8-14)22-19(24)13-26-20(25)12-9-16(23)17-10-11-18(21)27-17/h3-5,7-8,10-11,15H,2,6,9,12-13H2,1H3,(H,22,24)/t15-/m0/s1. The van der Waals surface area contributed by atoms with Gasteiger partial charge in [-0.05, 0) is 24.1 Å². The van der Waals surface area contributed by atoms with Gasteiger partial charge in [-0.25, -0.2) is 0 Å². The van der Waals surface area contributed by atoms with Crippen LogP contribution in [0.4, 0.5) is 0 Å². The Morgan fingerprint density at radius 2 is 1.85 bits per heavy atom. The van der Waals surface area contributed by atoms with Gasteiger partial charge in [0.05, 0.1) is 21.7 Å². The van der Waals surface area contributed by atoms with E-state index in [0.717, 1.165) is 18.4 Å². The number of amides is 1. The SMILES string of the molecule is CCC[C@H](NC(=O)COC(=O)CCC(=O)c1ccc(Cl)s1)c1ccccc1. The van der Waals surface area contributed by atoms with Crippen LogP contribution < -0.4 is 5.32 Å². The zero-order valence-corrected chi connectivity index (χ0v) is 16.6. The third-order valence-corrected chi connectivity index (χ3v) is 5.16. The summed E-state index contributed by atoms with van der Waals surface area (Å²) in [5, 5.41) is 2.89. The van der Waals surface area contributed by atoms with E-state index < -0.39 is 5.97 Å². The number of Topliss-reactive ketones (excluding diaryl/α,β-unsaturated/α-hetero) is 1. The molecule has 1 aromatic heterocycles. The van der Waals surface area contributed by atoms with E-state index in [1.807, 2.05) is 37.3 Å². The normalized spacial score (nSPS) is 11.6. The van der Waals surface area contributed by atoms with Crippen LogP contribution in [0, 0.1) is 0 Å². The van der Waals surface area contributed by atoms with Crippen LogP contribution in [0.2, 0.25) is 4.34 Å². The van der Waals surface area contributed by atoms with Crippen molar-refractivity contribution in [3.05, 3.63) is 57.2 Å². The molecule has 0 aliphatic rings. The van der Waals surface area contributed by atoms with Gasteiger partial charge in [0.25, 0.3) is 5.91 Å². The molecule has 0 radical (unpaired) electrons. The number of thiophene rings is 1. The van der Waals surface area contributed by atoms with Gasteiger partial charge in [0.1, 0.15) is 0 Å². The molecule has 0 fully saturated rings. The van der Waals surface area contributed by atoms with Crippen LogP contribution in [0.5, 0.6) is 0 Å². The zero-order chi connectivity index (χ0) is 19.6. The number of carbonyl (C=O) groups is 3. The molecular weight excluding hydrogens is 386 g/mol. The highest BCUT2D eigenvalue weighted by Crippen LogP contribution is 2.23. The fraction of sp³-hybridized carbons (Fsp3) is 0.350. The molecule has 0 bridgehead atoms. The quantitative estimate of drug-likeness (QED) is 0.462. The molecule has 0 unspecified atom stereocenters. The second kappa shape index (κ2) is 10.8. The largest absolute Gasteiger partial charge is 0.456 e. The Hall–Kier alpha value is -2.18. The number of benzene rings is 1. The van der Waals surface area contributed by atoms with Gasteiger partial charge in [-0.3, -0.25) is 14.4 Å². The van der Waals surface area contributed by atoms with E-state index in [1.54, 1.807) is 12.1 Å². The molecule has 7 heteroatoms. The maximum atomic E-state index is 12.1. The van der Waals surface area contributed by atoms with Crippen molar-refractivity contribution in [2.75, 3.05) is 6.61 Å². The van der Waals surface area contributed by atoms with Crippen molar-refractivity contribution in [1.29, 1.82) is 0 Å². The van der Waals surface area contributed by atoms with Gasteiger partial charge in [-0.15, -0.1) is 11.3 Å². The number of carbonyl (C=O) groups excluding carboxylic acids is 3. The van der Waals surface area contributed by atoms with Crippen LogP contribution in [0.1, 0.15) is 53.9 Å². The average Bonchev–Trinajstić information content (AvgIpc) is 3.11. The smallest absolute Gasteiger partial charge is 0.306 e. The molecule has 0 aliphatic heterocycles. The number of esters is 1.